The van der Waals surface area contributed by atoms with E-state index in [9.17, 15) is 26.4 Å². The molecule has 0 aliphatic carbocycles. The normalized spacial score (nSPS) is 11.9. The van der Waals surface area contributed by atoms with Gasteiger partial charge in [-0.2, -0.15) is 26.6 Å². The van der Waals surface area contributed by atoms with Crippen molar-refractivity contribution in [3.63, 3.8) is 0 Å². The Morgan fingerprint density at radius 3 is 1.86 bits per heavy atom. The molecule has 44 heavy (non-hydrogen) atoms. The quantitative estimate of drug-likeness (QED) is 0.165. The number of aryl methyl sites for hydroxylation is 2. The monoisotopic (exact) mass is 642 g/mol. The Morgan fingerprint density at radius 1 is 0.818 bits per heavy atom. The molecule has 0 saturated carbocycles. The molecule has 4 rings (SSSR count). The summed E-state index contributed by atoms with van der Waals surface area (Å²) in [4.78, 5) is 24.2. The molecule has 12 nitrogen and oxygen atoms in total. The second-order valence-electron chi connectivity index (χ2n) is 10.7. The minimum Gasteiger partial charge on any atom is -0.486 e. The van der Waals surface area contributed by atoms with Crippen molar-refractivity contribution < 1.29 is 44.3 Å². The van der Waals surface area contributed by atoms with Crippen molar-refractivity contribution in [2.75, 3.05) is 0 Å². The molecule has 0 bridgehead atoms. The SMILES string of the molecule is Cc1ccc(S(=O)(=O)Oc2cc(OCc3ccn(C(=O)OC(C)(C)C)n3)c(C=O)c(OS(=O)(=O)c3ccc(C)cc3)c2)cc1. The average Bonchev–Trinajstić information content (AvgIpc) is 3.40. The first-order valence-electron chi connectivity index (χ1n) is 13.1. The van der Waals surface area contributed by atoms with Gasteiger partial charge in [0.1, 0.15) is 44.8 Å². The van der Waals surface area contributed by atoms with Crippen LogP contribution in [0.1, 0.15) is 48.0 Å². The molecule has 14 heteroatoms. The maximum Gasteiger partial charge on any atom is 0.435 e. The molecule has 4 aromatic rings. The molecule has 0 radical (unpaired) electrons. The van der Waals surface area contributed by atoms with Crippen LogP contribution in [0.25, 0.3) is 0 Å². The van der Waals surface area contributed by atoms with Gasteiger partial charge in [0.2, 0.25) is 0 Å². The molecule has 232 valence electrons. The lowest BCUT2D eigenvalue weighted by Crippen LogP contribution is -2.27. The highest BCUT2D eigenvalue weighted by molar-refractivity contribution is 7.87. The van der Waals surface area contributed by atoms with Crippen molar-refractivity contribution in [1.29, 1.82) is 0 Å². The third-order valence-electron chi connectivity index (χ3n) is 5.82. The van der Waals surface area contributed by atoms with Gasteiger partial charge in [0.05, 0.1) is 0 Å². The maximum atomic E-state index is 13.1. The molecule has 0 saturated heterocycles. The van der Waals surface area contributed by atoms with Crippen LogP contribution in [0.15, 0.2) is 82.7 Å². The highest BCUT2D eigenvalue weighted by Crippen LogP contribution is 2.36. The van der Waals surface area contributed by atoms with Gasteiger partial charge in [0, 0.05) is 18.3 Å². The molecule has 1 heterocycles. The van der Waals surface area contributed by atoms with Crippen molar-refractivity contribution in [2.24, 2.45) is 0 Å². The Balaban J connectivity index is 1.70. The highest BCUT2D eigenvalue weighted by Gasteiger charge is 2.25. The Labute approximate surface area is 255 Å². The zero-order valence-corrected chi connectivity index (χ0v) is 26.1. The summed E-state index contributed by atoms with van der Waals surface area (Å²) in [6.45, 7) is 8.35. The van der Waals surface area contributed by atoms with E-state index in [4.69, 9.17) is 17.8 Å². The minimum absolute atomic E-state index is 0.160. The maximum absolute atomic E-state index is 13.1. The number of rotatable bonds is 10. The van der Waals surface area contributed by atoms with Crippen molar-refractivity contribution >= 4 is 32.6 Å². The fourth-order valence-corrected chi connectivity index (χ4v) is 5.54. The van der Waals surface area contributed by atoms with Crippen LogP contribution in [0.2, 0.25) is 0 Å². The molecule has 0 atom stereocenters. The minimum atomic E-state index is -4.47. The molecule has 0 spiro atoms. The fraction of sp³-hybridized carbons (Fsp3) is 0.233. The van der Waals surface area contributed by atoms with Crippen molar-refractivity contribution in [3.8, 4) is 17.2 Å². The summed E-state index contributed by atoms with van der Waals surface area (Å²) in [5, 5.41) is 4.10. The molecule has 3 aromatic carbocycles. The van der Waals surface area contributed by atoms with Crippen LogP contribution < -0.4 is 13.1 Å². The van der Waals surface area contributed by atoms with Gasteiger partial charge in [-0.25, -0.2) is 4.79 Å². The number of hydrogen-bond donors (Lipinski definition) is 0. The predicted molar refractivity (Wildman–Crippen MR) is 158 cm³/mol. The van der Waals surface area contributed by atoms with E-state index in [1.54, 1.807) is 58.9 Å². The number of aldehydes is 1. The molecule has 0 fully saturated rings. The summed E-state index contributed by atoms with van der Waals surface area (Å²) >= 11 is 0. The van der Waals surface area contributed by atoms with Gasteiger partial charge in [-0.1, -0.05) is 35.4 Å². The van der Waals surface area contributed by atoms with Crippen molar-refractivity contribution in [3.05, 3.63) is 95.3 Å². The van der Waals surface area contributed by atoms with Gasteiger partial charge in [0.15, 0.2) is 12.0 Å². The summed E-state index contributed by atoms with van der Waals surface area (Å²) in [6, 6.07) is 15.2. The van der Waals surface area contributed by atoms with E-state index in [0.717, 1.165) is 27.9 Å². The van der Waals surface area contributed by atoms with Gasteiger partial charge in [-0.05, 0) is 65.0 Å². The van der Waals surface area contributed by atoms with Gasteiger partial charge in [-0.15, -0.1) is 0 Å². The van der Waals surface area contributed by atoms with E-state index in [1.807, 2.05) is 0 Å². The molecule has 0 N–H and O–H groups in total. The van der Waals surface area contributed by atoms with E-state index < -0.39 is 37.7 Å². The van der Waals surface area contributed by atoms with E-state index in [0.29, 0.717) is 6.29 Å². The van der Waals surface area contributed by atoms with E-state index >= 15 is 0 Å². The number of nitrogens with zero attached hydrogens (tertiary/aromatic N) is 2. The van der Waals surface area contributed by atoms with Crippen LogP contribution in [0.5, 0.6) is 17.2 Å². The first kappa shape index (κ1) is 32.2. The number of aromatic nitrogens is 2. The highest BCUT2D eigenvalue weighted by atomic mass is 32.2. The Hall–Kier alpha value is -4.69. The summed E-state index contributed by atoms with van der Waals surface area (Å²) in [6.07, 6.45) is 0.919. The number of benzene rings is 3. The summed E-state index contributed by atoms with van der Waals surface area (Å²) in [5.74, 6) is -1.19. The second kappa shape index (κ2) is 12.5. The van der Waals surface area contributed by atoms with Gasteiger partial charge in [-0.3, -0.25) is 4.79 Å². The summed E-state index contributed by atoms with van der Waals surface area (Å²) in [7, 11) is -8.86. The van der Waals surface area contributed by atoms with Gasteiger partial charge >= 0.3 is 26.3 Å². The lowest BCUT2D eigenvalue weighted by Gasteiger charge is -2.18. The number of carbonyl (C=O) groups is 2. The van der Waals surface area contributed by atoms with Gasteiger partial charge in [0.25, 0.3) is 0 Å². The van der Waals surface area contributed by atoms with E-state index in [2.05, 4.69) is 5.10 Å². The lowest BCUT2D eigenvalue weighted by molar-refractivity contribution is 0.0513. The predicted octanol–water partition coefficient (Wildman–Crippen LogP) is 5.21. The van der Waals surface area contributed by atoms with Crippen molar-refractivity contribution in [1.82, 2.24) is 9.78 Å². The van der Waals surface area contributed by atoms with Crippen LogP contribution >= 0.6 is 0 Å². The van der Waals surface area contributed by atoms with Crippen molar-refractivity contribution in [2.45, 2.75) is 56.6 Å². The fourth-order valence-electron chi connectivity index (χ4n) is 3.68. The first-order valence-corrected chi connectivity index (χ1v) is 15.9. The molecule has 0 aliphatic heterocycles. The molecule has 0 amide bonds. The lowest BCUT2D eigenvalue weighted by atomic mass is 10.2. The van der Waals surface area contributed by atoms with Crippen LogP contribution in [-0.4, -0.2) is 44.6 Å². The van der Waals surface area contributed by atoms with E-state index in [1.165, 1.54) is 36.5 Å². The second-order valence-corrected chi connectivity index (χ2v) is 13.8. The van der Waals surface area contributed by atoms with Crippen LogP contribution in [0, 0.1) is 13.8 Å². The largest absolute Gasteiger partial charge is 0.486 e. The van der Waals surface area contributed by atoms with Crippen LogP contribution in [-0.2, 0) is 31.6 Å². The molecule has 0 aliphatic rings. The molecular formula is C30H30N2O10S2. The summed E-state index contributed by atoms with van der Waals surface area (Å²) in [5.41, 5.74) is 0.765. The molecular weight excluding hydrogens is 612 g/mol. The Kier molecular flexibility index (Phi) is 9.16. The Morgan fingerprint density at radius 2 is 1.34 bits per heavy atom. The first-order chi connectivity index (χ1) is 20.6. The molecule has 0 unspecified atom stereocenters. The summed E-state index contributed by atoms with van der Waals surface area (Å²) < 4.78 is 74.8. The van der Waals surface area contributed by atoms with E-state index in [-0.39, 0.29) is 39.2 Å². The molecule has 1 aromatic heterocycles. The number of hydrogen-bond acceptors (Lipinski definition) is 11. The smallest absolute Gasteiger partial charge is 0.435 e. The Bertz CT molecular complexity index is 1890. The zero-order valence-electron chi connectivity index (χ0n) is 24.5. The van der Waals surface area contributed by atoms with Crippen LogP contribution in [0.4, 0.5) is 4.79 Å². The third-order valence-corrected chi connectivity index (χ3v) is 8.33. The number of ether oxygens (including phenoxy) is 2. The van der Waals surface area contributed by atoms with Crippen LogP contribution in [0.3, 0.4) is 0 Å². The topological polar surface area (TPSA) is 157 Å². The third kappa shape index (κ3) is 8.02. The zero-order chi connectivity index (χ0) is 32.3. The average molecular weight is 643 g/mol. The van der Waals surface area contributed by atoms with Gasteiger partial charge < -0.3 is 17.8 Å². The number of carbonyl (C=O) groups excluding carboxylic acids is 2. The standard InChI is InChI=1S/C30H30N2O10S2/c1-20-6-10-24(11-7-20)43(35,36)41-23-16-27(39-19-22-14-15-32(31-22)29(34)40-30(3,4)5)26(18-33)28(17-23)42-44(37,38)25-12-8-21(2)9-13-25/h6-18H,19H2,1-5H3.